The highest BCUT2D eigenvalue weighted by Gasteiger charge is 2.13. The van der Waals surface area contributed by atoms with E-state index in [9.17, 15) is 0 Å². The molecule has 0 spiro atoms. The summed E-state index contributed by atoms with van der Waals surface area (Å²) in [6, 6.07) is 20.6. The number of hydrogen-bond acceptors (Lipinski definition) is 3. The Hall–Kier alpha value is -3.34. The average Bonchev–Trinajstić information content (AvgIpc) is 3.37. The van der Waals surface area contributed by atoms with Gasteiger partial charge in [0.15, 0.2) is 0 Å². The molecule has 2 aromatic heterocycles. The second-order valence-corrected chi connectivity index (χ2v) is 6.15. The molecule has 130 valence electrons. The monoisotopic (exact) mass is 343 g/mol. The lowest BCUT2D eigenvalue weighted by molar-refractivity contribution is 0.836. The third-order valence-electron chi connectivity index (χ3n) is 4.28. The SMILES string of the molecule is c1ccc(-c2nc(NCCCc3cnc[nH]3)[nH]c2-c2ccccc2)cc1. The first-order chi connectivity index (χ1) is 12.9. The molecule has 0 saturated heterocycles. The summed E-state index contributed by atoms with van der Waals surface area (Å²) in [7, 11) is 0. The molecule has 0 atom stereocenters. The molecule has 2 heterocycles. The Morgan fingerprint density at radius 2 is 1.62 bits per heavy atom. The van der Waals surface area contributed by atoms with Crippen molar-refractivity contribution in [1.82, 2.24) is 19.9 Å². The fourth-order valence-electron chi connectivity index (χ4n) is 2.98. The molecular formula is C21H21N5. The van der Waals surface area contributed by atoms with Gasteiger partial charge >= 0.3 is 0 Å². The summed E-state index contributed by atoms with van der Waals surface area (Å²) in [5, 5.41) is 3.41. The van der Waals surface area contributed by atoms with Gasteiger partial charge in [-0.3, -0.25) is 0 Å². The van der Waals surface area contributed by atoms with Gasteiger partial charge in [-0.05, 0) is 12.8 Å². The highest BCUT2D eigenvalue weighted by Crippen LogP contribution is 2.31. The van der Waals surface area contributed by atoms with Crippen molar-refractivity contribution in [2.45, 2.75) is 12.8 Å². The van der Waals surface area contributed by atoms with Crippen LogP contribution in [0, 0.1) is 0 Å². The first-order valence-electron chi connectivity index (χ1n) is 8.82. The van der Waals surface area contributed by atoms with Gasteiger partial charge in [0.05, 0.1) is 17.7 Å². The van der Waals surface area contributed by atoms with E-state index in [2.05, 4.69) is 44.5 Å². The van der Waals surface area contributed by atoms with Gasteiger partial charge in [0.2, 0.25) is 5.95 Å². The third kappa shape index (κ3) is 3.67. The second kappa shape index (κ2) is 7.70. The molecule has 0 amide bonds. The van der Waals surface area contributed by atoms with Gasteiger partial charge in [0.1, 0.15) is 0 Å². The molecular weight excluding hydrogens is 322 g/mol. The minimum absolute atomic E-state index is 0.798. The first kappa shape index (κ1) is 16.1. The molecule has 5 heteroatoms. The van der Waals surface area contributed by atoms with Crippen LogP contribution in [0.5, 0.6) is 0 Å². The maximum Gasteiger partial charge on any atom is 0.201 e. The van der Waals surface area contributed by atoms with E-state index in [1.165, 1.54) is 0 Å². The Morgan fingerprint density at radius 3 is 2.31 bits per heavy atom. The van der Waals surface area contributed by atoms with Crippen LogP contribution in [0.4, 0.5) is 5.95 Å². The fourth-order valence-corrected chi connectivity index (χ4v) is 2.98. The van der Waals surface area contributed by atoms with E-state index in [0.717, 1.165) is 53.5 Å². The van der Waals surface area contributed by atoms with Crippen LogP contribution in [-0.4, -0.2) is 26.5 Å². The van der Waals surface area contributed by atoms with Crippen molar-refractivity contribution >= 4 is 5.95 Å². The molecule has 0 unspecified atom stereocenters. The van der Waals surface area contributed by atoms with Gasteiger partial charge in [-0.15, -0.1) is 0 Å². The topological polar surface area (TPSA) is 69.4 Å². The molecule has 0 bridgehead atoms. The Labute approximate surface area is 152 Å². The predicted molar refractivity (Wildman–Crippen MR) is 105 cm³/mol. The molecule has 0 aliphatic heterocycles. The maximum absolute atomic E-state index is 4.80. The molecule has 0 radical (unpaired) electrons. The molecule has 0 aliphatic carbocycles. The molecule has 3 N–H and O–H groups in total. The molecule has 0 saturated carbocycles. The number of aryl methyl sites for hydroxylation is 1. The normalized spacial score (nSPS) is 10.8. The number of benzene rings is 2. The molecule has 4 aromatic rings. The summed E-state index contributed by atoms with van der Waals surface area (Å²) >= 11 is 0. The highest BCUT2D eigenvalue weighted by molar-refractivity contribution is 5.79. The summed E-state index contributed by atoms with van der Waals surface area (Å²) < 4.78 is 0. The minimum atomic E-state index is 0.798. The molecule has 0 aliphatic rings. The molecule has 2 aromatic carbocycles. The van der Waals surface area contributed by atoms with Crippen molar-refractivity contribution in [3.63, 3.8) is 0 Å². The number of aromatic amines is 2. The number of rotatable bonds is 7. The number of nitrogens with one attached hydrogen (secondary N) is 3. The average molecular weight is 343 g/mol. The van der Waals surface area contributed by atoms with Crippen LogP contribution in [0.15, 0.2) is 73.2 Å². The van der Waals surface area contributed by atoms with Crippen molar-refractivity contribution in [3.8, 4) is 22.5 Å². The number of imidazole rings is 2. The zero-order chi connectivity index (χ0) is 17.6. The molecule has 5 nitrogen and oxygen atoms in total. The number of H-pyrrole nitrogens is 2. The molecule has 4 rings (SSSR count). The zero-order valence-corrected chi connectivity index (χ0v) is 14.4. The minimum Gasteiger partial charge on any atom is -0.356 e. The molecule has 26 heavy (non-hydrogen) atoms. The highest BCUT2D eigenvalue weighted by atomic mass is 15.1. The van der Waals surface area contributed by atoms with Crippen LogP contribution in [0.25, 0.3) is 22.5 Å². The Morgan fingerprint density at radius 1 is 0.885 bits per heavy atom. The van der Waals surface area contributed by atoms with Crippen LogP contribution in [-0.2, 0) is 6.42 Å². The van der Waals surface area contributed by atoms with Gasteiger partial charge in [-0.2, -0.15) is 0 Å². The maximum atomic E-state index is 4.80. The van der Waals surface area contributed by atoms with E-state index >= 15 is 0 Å². The Balaban J connectivity index is 1.53. The van der Waals surface area contributed by atoms with Gasteiger partial charge in [0.25, 0.3) is 0 Å². The van der Waals surface area contributed by atoms with Crippen LogP contribution < -0.4 is 5.32 Å². The summed E-state index contributed by atoms with van der Waals surface area (Å²) in [5.41, 5.74) is 5.39. The lowest BCUT2D eigenvalue weighted by Gasteiger charge is -2.02. The third-order valence-corrected chi connectivity index (χ3v) is 4.28. The lowest BCUT2D eigenvalue weighted by atomic mass is 10.1. The number of hydrogen-bond donors (Lipinski definition) is 3. The van der Waals surface area contributed by atoms with E-state index in [1.54, 1.807) is 6.33 Å². The van der Waals surface area contributed by atoms with Crippen molar-refractivity contribution < 1.29 is 0 Å². The first-order valence-corrected chi connectivity index (χ1v) is 8.82. The smallest absolute Gasteiger partial charge is 0.201 e. The van der Waals surface area contributed by atoms with Gasteiger partial charge in [0, 0.05) is 29.6 Å². The van der Waals surface area contributed by atoms with Crippen LogP contribution in [0.1, 0.15) is 12.1 Å². The Kier molecular flexibility index (Phi) is 4.78. The standard InChI is InChI=1S/C21H21N5/c1-3-8-16(9-4-1)19-20(17-10-5-2-6-11-17)26-21(25-19)23-13-7-12-18-14-22-15-24-18/h1-6,8-11,14-15H,7,12-13H2,(H,22,24)(H2,23,25,26). The van der Waals surface area contributed by atoms with E-state index in [1.807, 2.05) is 42.6 Å². The van der Waals surface area contributed by atoms with Crippen molar-refractivity contribution in [1.29, 1.82) is 0 Å². The van der Waals surface area contributed by atoms with Crippen molar-refractivity contribution in [2.75, 3.05) is 11.9 Å². The zero-order valence-electron chi connectivity index (χ0n) is 14.4. The van der Waals surface area contributed by atoms with Gasteiger partial charge in [-0.25, -0.2) is 9.97 Å². The van der Waals surface area contributed by atoms with Gasteiger partial charge in [-0.1, -0.05) is 60.7 Å². The van der Waals surface area contributed by atoms with E-state index in [-0.39, 0.29) is 0 Å². The number of nitrogens with zero attached hydrogens (tertiary/aromatic N) is 2. The van der Waals surface area contributed by atoms with Crippen LogP contribution >= 0.6 is 0 Å². The number of aromatic nitrogens is 4. The lowest BCUT2D eigenvalue weighted by Crippen LogP contribution is -2.04. The second-order valence-electron chi connectivity index (χ2n) is 6.15. The van der Waals surface area contributed by atoms with Crippen LogP contribution in [0.3, 0.4) is 0 Å². The summed E-state index contributed by atoms with van der Waals surface area (Å²) in [4.78, 5) is 15.4. The van der Waals surface area contributed by atoms with E-state index < -0.39 is 0 Å². The van der Waals surface area contributed by atoms with Crippen LogP contribution in [0.2, 0.25) is 0 Å². The van der Waals surface area contributed by atoms with Gasteiger partial charge < -0.3 is 15.3 Å². The summed E-state index contributed by atoms with van der Waals surface area (Å²) in [5.74, 6) is 0.798. The largest absolute Gasteiger partial charge is 0.356 e. The van der Waals surface area contributed by atoms with E-state index in [4.69, 9.17) is 4.98 Å². The fraction of sp³-hybridized carbons (Fsp3) is 0.143. The number of anilines is 1. The Bertz CT molecular complexity index is 870. The summed E-state index contributed by atoms with van der Waals surface area (Å²) in [6.07, 6.45) is 5.55. The van der Waals surface area contributed by atoms with Crippen molar-refractivity contribution in [2.24, 2.45) is 0 Å². The van der Waals surface area contributed by atoms with E-state index in [0.29, 0.717) is 0 Å². The quantitative estimate of drug-likeness (QED) is 0.432. The predicted octanol–water partition coefficient (Wildman–Crippen LogP) is 4.51. The summed E-state index contributed by atoms with van der Waals surface area (Å²) in [6.45, 7) is 0.842. The van der Waals surface area contributed by atoms with Crippen molar-refractivity contribution in [3.05, 3.63) is 78.9 Å². The molecule has 0 fully saturated rings.